The SMILES string of the molecule is CCOc1cncc(-c2cnc(C(=O)N[C@H](c3cccc(NS(=O)(=O)C(F)F)c3)[C@H](C)CO)s2)n1. The van der Waals surface area contributed by atoms with E-state index >= 15 is 0 Å². The van der Waals surface area contributed by atoms with Crippen molar-refractivity contribution in [3.05, 3.63) is 53.4 Å². The van der Waals surface area contributed by atoms with Crippen molar-refractivity contribution in [2.24, 2.45) is 5.92 Å². The van der Waals surface area contributed by atoms with Gasteiger partial charge in [0.25, 0.3) is 15.9 Å². The monoisotopic (exact) mass is 527 g/mol. The van der Waals surface area contributed by atoms with Crippen molar-refractivity contribution in [3.63, 3.8) is 0 Å². The number of aromatic nitrogens is 3. The van der Waals surface area contributed by atoms with E-state index in [0.29, 0.717) is 28.6 Å². The molecule has 0 fully saturated rings. The number of aliphatic hydroxyl groups is 1. The Labute approximate surface area is 204 Å². The van der Waals surface area contributed by atoms with Crippen LogP contribution in [0.3, 0.4) is 0 Å². The van der Waals surface area contributed by atoms with Gasteiger partial charge in [-0.1, -0.05) is 19.1 Å². The van der Waals surface area contributed by atoms with Gasteiger partial charge in [-0.2, -0.15) is 8.78 Å². The zero-order valence-corrected chi connectivity index (χ0v) is 20.3. The number of ether oxygens (including phenoxy) is 1. The first kappa shape index (κ1) is 26.4. The number of nitrogens with zero attached hydrogens (tertiary/aromatic N) is 3. The predicted molar refractivity (Wildman–Crippen MR) is 126 cm³/mol. The maximum Gasteiger partial charge on any atom is 0.355 e. The molecule has 0 aliphatic carbocycles. The molecule has 0 aliphatic rings. The summed E-state index contributed by atoms with van der Waals surface area (Å²) in [4.78, 5) is 26.1. The Kier molecular flexibility index (Phi) is 8.64. The van der Waals surface area contributed by atoms with Crippen LogP contribution in [0.4, 0.5) is 14.5 Å². The van der Waals surface area contributed by atoms with E-state index in [0.717, 1.165) is 11.3 Å². The van der Waals surface area contributed by atoms with Crippen molar-refractivity contribution in [2.75, 3.05) is 17.9 Å². The summed E-state index contributed by atoms with van der Waals surface area (Å²) in [6.07, 6.45) is 4.46. The minimum atomic E-state index is -4.86. The quantitative estimate of drug-likeness (QED) is 0.345. The summed E-state index contributed by atoms with van der Waals surface area (Å²) in [5, 5.41) is 12.6. The van der Waals surface area contributed by atoms with Crippen LogP contribution in [0.25, 0.3) is 10.6 Å². The number of rotatable bonds is 11. The van der Waals surface area contributed by atoms with E-state index in [2.05, 4.69) is 20.3 Å². The normalized spacial score (nSPS) is 13.3. The third-order valence-corrected chi connectivity index (χ3v) is 6.75. The second kappa shape index (κ2) is 11.5. The standard InChI is InChI=1S/C21H23F2N5O5S2/c1-3-33-17-10-24-8-15(26-17)16-9-25-20(34-16)19(30)27-18(12(2)11-29)13-5-4-6-14(7-13)28-35(31,32)21(22)23/h4-10,12,18,21,28-29H,3,11H2,1-2H3,(H,27,30)/t12-,18+/m1/s1. The highest BCUT2D eigenvalue weighted by Crippen LogP contribution is 2.28. The molecular formula is C21H23F2N5O5S2. The summed E-state index contributed by atoms with van der Waals surface area (Å²) >= 11 is 1.07. The van der Waals surface area contributed by atoms with Gasteiger partial charge in [0.15, 0.2) is 5.01 Å². The second-order valence-corrected chi connectivity index (χ2v) is 10.0. The number of nitrogens with one attached hydrogen (secondary N) is 2. The third kappa shape index (κ3) is 6.68. The molecule has 0 bridgehead atoms. The van der Waals surface area contributed by atoms with Crippen LogP contribution in [0, 0.1) is 5.92 Å². The molecule has 3 rings (SSSR count). The Bertz CT molecular complexity index is 1270. The zero-order valence-electron chi connectivity index (χ0n) is 18.7. The molecule has 0 unspecified atom stereocenters. The topological polar surface area (TPSA) is 143 Å². The van der Waals surface area contributed by atoms with Gasteiger partial charge >= 0.3 is 5.76 Å². The van der Waals surface area contributed by atoms with Crippen LogP contribution < -0.4 is 14.8 Å². The van der Waals surface area contributed by atoms with Crippen LogP contribution in [-0.2, 0) is 10.0 Å². The van der Waals surface area contributed by atoms with Crippen molar-refractivity contribution in [2.45, 2.75) is 25.6 Å². The van der Waals surface area contributed by atoms with Gasteiger partial charge in [-0.25, -0.2) is 18.4 Å². The number of aliphatic hydroxyl groups excluding tert-OH is 1. The van der Waals surface area contributed by atoms with Gasteiger partial charge in [-0.3, -0.25) is 14.5 Å². The molecule has 1 amide bonds. The summed E-state index contributed by atoms with van der Waals surface area (Å²) in [6.45, 7) is 3.60. The maximum atomic E-state index is 12.9. The molecule has 2 atom stereocenters. The van der Waals surface area contributed by atoms with E-state index < -0.39 is 33.6 Å². The zero-order chi connectivity index (χ0) is 25.6. The molecule has 0 aliphatic heterocycles. The number of alkyl halides is 2. The number of hydrogen-bond donors (Lipinski definition) is 3. The Balaban J connectivity index is 1.82. The lowest BCUT2D eigenvalue weighted by atomic mass is 9.94. The molecular weight excluding hydrogens is 504 g/mol. The van der Waals surface area contributed by atoms with Gasteiger partial charge in [0.05, 0.1) is 29.9 Å². The van der Waals surface area contributed by atoms with Crippen LogP contribution in [0.1, 0.15) is 35.3 Å². The lowest BCUT2D eigenvalue weighted by Crippen LogP contribution is -2.34. The van der Waals surface area contributed by atoms with E-state index in [1.807, 2.05) is 6.92 Å². The molecule has 14 heteroatoms. The number of anilines is 1. The molecule has 2 heterocycles. The fourth-order valence-electron chi connectivity index (χ4n) is 3.05. The number of carbonyl (C=O) groups is 1. The molecule has 0 saturated carbocycles. The summed E-state index contributed by atoms with van der Waals surface area (Å²) in [7, 11) is -4.86. The summed E-state index contributed by atoms with van der Waals surface area (Å²) in [5.41, 5.74) is 0.782. The number of sulfonamides is 1. The highest BCUT2D eigenvalue weighted by molar-refractivity contribution is 7.93. The Hall–Kier alpha value is -3.23. The molecule has 188 valence electrons. The largest absolute Gasteiger partial charge is 0.477 e. The van der Waals surface area contributed by atoms with Gasteiger partial charge in [0, 0.05) is 24.4 Å². The van der Waals surface area contributed by atoms with Gasteiger partial charge < -0.3 is 15.2 Å². The van der Waals surface area contributed by atoms with E-state index in [1.54, 1.807) is 17.7 Å². The molecule has 0 spiro atoms. The molecule has 10 nitrogen and oxygen atoms in total. The number of amides is 1. The fraction of sp³-hybridized carbons (Fsp3) is 0.333. The third-order valence-electron chi connectivity index (χ3n) is 4.74. The van der Waals surface area contributed by atoms with Gasteiger partial charge in [0.2, 0.25) is 5.88 Å². The van der Waals surface area contributed by atoms with Crippen LogP contribution in [-0.4, -0.2) is 53.4 Å². The van der Waals surface area contributed by atoms with Gasteiger partial charge in [-0.05, 0) is 24.6 Å². The molecule has 3 aromatic rings. The Morgan fingerprint density at radius 1 is 1.26 bits per heavy atom. The molecule has 35 heavy (non-hydrogen) atoms. The average Bonchev–Trinajstić information content (AvgIpc) is 3.33. The molecule has 3 N–H and O–H groups in total. The number of carbonyl (C=O) groups excluding carboxylic acids is 1. The van der Waals surface area contributed by atoms with Gasteiger partial charge in [0.1, 0.15) is 5.69 Å². The number of thiazole rings is 1. The van der Waals surface area contributed by atoms with E-state index in [9.17, 15) is 27.1 Å². The Morgan fingerprint density at radius 2 is 2.03 bits per heavy atom. The van der Waals surface area contributed by atoms with Crippen molar-refractivity contribution in [3.8, 4) is 16.5 Å². The van der Waals surface area contributed by atoms with Crippen LogP contribution >= 0.6 is 11.3 Å². The Morgan fingerprint density at radius 3 is 2.71 bits per heavy atom. The van der Waals surface area contributed by atoms with Crippen molar-refractivity contribution < 1.29 is 31.8 Å². The minimum absolute atomic E-state index is 0.100. The number of hydrogen-bond acceptors (Lipinski definition) is 9. The molecule has 1 aromatic carbocycles. The lowest BCUT2D eigenvalue weighted by molar-refractivity contribution is 0.0908. The predicted octanol–water partition coefficient (Wildman–Crippen LogP) is 3.06. The van der Waals surface area contributed by atoms with Crippen LogP contribution in [0.2, 0.25) is 0 Å². The molecule has 2 aromatic heterocycles. The first-order valence-corrected chi connectivity index (χ1v) is 12.7. The van der Waals surface area contributed by atoms with Crippen molar-refractivity contribution in [1.82, 2.24) is 20.3 Å². The number of benzene rings is 1. The summed E-state index contributed by atoms with van der Waals surface area (Å²) in [6, 6.07) is 4.89. The highest BCUT2D eigenvalue weighted by atomic mass is 32.2. The van der Waals surface area contributed by atoms with Gasteiger partial charge in [-0.15, -0.1) is 11.3 Å². The average molecular weight is 528 g/mol. The summed E-state index contributed by atoms with van der Waals surface area (Å²) in [5.74, 6) is -4.30. The first-order valence-electron chi connectivity index (χ1n) is 10.4. The summed E-state index contributed by atoms with van der Waals surface area (Å²) < 4.78 is 55.6. The van der Waals surface area contributed by atoms with Crippen molar-refractivity contribution in [1.29, 1.82) is 0 Å². The number of halogens is 2. The smallest absolute Gasteiger partial charge is 0.355 e. The van der Waals surface area contributed by atoms with Crippen molar-refractivity contribution >= 4 is 33.0 Å². The van der Waals surface area contributed by atoms with E-state index in [-0.39, 0.29) is 17.3 Å². The first-order chi connectivity index (χ1) is 16.6. The lowest BCUT2D eigenvalue weighted by Gasteiger charge is -2.24. The van der Waals surface area contributed by atoms with Crippen LogP contribution in [0.15, 0.2) is 42.9 Å². The fourth-order valence-corrected chi connectivity index (χ4v) is 4.37. The van der Waals surface area contributed by atoms with E-state index in [1.165, 1.54) is 36.8 Å². The second-order valence-electron chi connectivity index (χ2n) is 7.35. The minimum Gasteiger partial charge on any atom is -0.477 e. The van der Waals surface area contributed by atoms with Crippen LogP contribution in [0.5, 0.6) is 5.88 Å². The highest BCUT2D eigenvalue weighted by Gasteiger charge is 2.26. The maximum absolute atomic E-state index is 12.9. The molecule has 0 radical (unpaired) electrons. The van der Waals surface area contributed by atoms with E-state index in [4.69, 9.17) is 4.74 Å². The molecule has 0 saturated heterocycles.